The van der Waals surface area contributed by atoms with Gasteiger partial charge in [-0.3, -0.25) is 0 Å². The molecule has 0 spiro atoms. The molecular weight excluding hydrogens is 382 g/mol. The average molecular weight is 410 g/mol. The standard InChI is InChI=1S/C20H27NO4S2/c1-4-6-7-8-9-10-13-24-15(3)25-27-20-21-17-14-16(19(22)23-5-2)11-12-18(17)26-20/h11-12,14H,3-10,13H2,1-2H3. The molecule has 0 bridgehead atoms. The van der Waals surface area contributed by atoms with Crippen LogP contribution in [0.25, 0.3) is 10.2 Å². The van der Waals surface area contributed by atoms with Gasteiger partial charge >= 0.3 is 5.97 Å². The Morgan fingerprint density at radius 3 is 2.70 bits per heavy atom. The first-order chi connectivity index (χ1) is 13.1. The number of hydrogen-bond acceptors (Lipinski definition) is 7. The van der Waals surface area contributed by atoms with Crippen molar-refractivity contribution in [2.45, 2.75) is 56.7 Å². The van der Waals surface area contributed by atoms with Crippen LogP contribution < -0.4 is 0 Å². The lowest BCUT2D eigenvalue weighted by Gasteiger charge is -2.07. The fraction of sp³-hybridized carbons (Fsp3) is 0.500. The number of thiazole rings is 1. The van der Waals surface area contributed by atoms with E-state index in [4.69, 9.17) is 13.7 Å². The van der Waals surface area contributed by atoms with Crippen LogP contribution in [-0.2, 0) is 13.7 Å². The van der Waals surface area contributed by atoms with Crippen molar-refractivity contribution in [3.63, 3.8) is 0 Å². The highest BCUT2D eigenvalue weighted by atomic mass is 32.2. The van der Waals surface area contributed by atoms with Crippen molar-refractivity contribution in [3.05, 3.63) is 36.3 Å². The van der Waals surface area contributed by atoms with Gasteiger partial charge in [-0.05, 0) is 38.1 Å². The molecule has 0 N–H and O–H groups in total. The molecule has 27 heavy (non-hydrogen) atoms. The molecule has 0 unspecified atom stereocenters. The number of fused-ring (bicyclic) bond motifs is 1. The summed E-state index contributed by atoms with van der Waals surface area (Å²) in [5.74, 6) is -0.0469. The highest BCUT2D eigenvalue weighted by molar-refractivity contribution is 7.96. The molecule has 7 heteroatoms. The number of benzene rings is 1. The predicted octanol–water partition coefficient (Wildman–Crippen LogP) is 6.35. The van der Waals surface area contributed by atoms with Gasteiger partial charge in [0.15, 0.2) is 4.34 Å². The first kappa shape index (κ1) is 21.6. The molecule has 0 atom stereocenters. The molecule has 0 saturated carbocycles. The van der Waals surface area contributed by atoms with Crippen molar-refractivity contribution in [1.82, 2.24) is 4.98 Å². The van der Waals surface area contributed by atoms with Gasteiger partial charge in [0.1, 0.15) is 12.0 Å². The van der Waals surface area contributed by atoms with Crippen LogP contribution in [0.4, 0.5) is 0 Å². The van der Waals surface area contributed by atoms with E-state index in [1.807, 2.05) is 6.07 Å². The SMILES string of the molecule is C=C(OCCCCCCCC)OSc1nc2cc(C(=O)OCC)ccc2s1. The van der Waals surface area contributed by atoms with Crippen LogP contribution in [0.5, 0.6) is 0 Å². The van der Waals surface area contributed by atoms with E-state index in [9.17, 15) is 4.79 Å². The number of unbranched alkanes of at least 4 members (excludes halogenated alkanes) is 5. The second-order valence-electron chi connectivity index (χ2n) is 6.04. The van der Waals surface area contributed by atoms with Gasteiger partial charge in [-0.2, -0.15) is 0 Å². The van der Waals surface area contributed by atoms with Gasteiger partial charge in [0.2, 0.25) is 0 Å². The Bertz CT molecular complexity index is 745. The van der Waals surface area contributed by atoms with E-state index in [2.05, 4.69) is 18.5 Å². The highest BCUT2D eigenvalue weighted by Crippen LogP contribution is 2.32. The second kappa shape index (κ2) is 11.9. The lowest BCUT2D eigenvalue weighted by atomic mass is 10.1. The summed E-state index contributed by atoms with van der Waals surface area (Å²) in [4.78, 5) is 16.3. The lowest BCUT2D eigenvalue weighted by Crippen LogP contribution is -2.03. The molecule has 0 saturated heterocycles. The molecule has 1 aromatic heterocycles. The van der Waals surface area contributed by atoms with Gasteiger partial charge in [0.25, 0.3) is 5.95 Å². The summed E-state index contributed by atoms with van der Waals surface area (Å²) in [5.41, 5.74) is 1.24. The Labute approximate surface area is 169 Å². The third-order valence-corrected chi connectivity index (χ3v) is 5.63. The zero-order chi connectivity index (χ0) is 19.5. The van der Waals surface area contributed by atoms with Crippen LogP contribution in [0.1, 0.15) is 62.7 Å². The van der Waals surface area contributed by atoms with E-state index in [0.29, 0.717) is 24.7 Å². The Hall–Kier alpha value is -1.73. The molecule has 0 aliphatic carbocycles. The van der Waals surface area contributed by atoms with Gasteiger partial charge in [-0.1, -0.05) is 39.0 Å². The maximum atomic E-state index is 11.8. The minimum atomic E-state index is -0.339. The lowest BCUT2D eigenvalue weighted by molar-refractivity contribution is 0.0526. The Balaban J connectivity index is 1.74. The van der Waals surface area contributed by atoms with E-state index in [0.717, 1.165) is 33.0 Å². The van der Waals surface area contributed by atoms with Crippen LogP contribution in [0.15, 0.2) is 35.1 Å². The molecule has 2 aromatic rings. The molecule has 1 aromatic carbocycles. The minimum absolute atomic E-state index is 0.292. The number of aromatic nitrogens is 1. The molecule has 0 aliphatic heterocycles. The molecule has 2 rings (SSSR count). The zero-order valence-corrected chi connectivity index (χ0v) is 17.6. The van der Waals surface area contributed by atoms with Gasteiger partial charge in [0.05, 0.1) is 29.0 Å². The maximum absolute atomic E-state index is 11.8. The molecule has 1 heterocycles. The van der Waals surface area contributed by atoms with Crippen molar-refractivity contribution in [2.24, 2.45) is 0 Å². The molecule has 5 nitrogen and oxygen atoms in total. The van der Waals surface area contributed by atoms with Gasteiger partial charge in [0, 0.05) is 0 Å². The summed E-state index contributed by atoms with van der Waals surface area (Å²) in [6.07, 6.45) is 7.28. The summed E-state index contributed by atoms with van der Waals surface area (Å²) < 4.78 is 17.7. The fourth-order valence-corrected chi connectivity index (χ4v) is 3.99. The molecule has 0 fully saturated rings. The molecular formula is C20H27NO4S2. The number of carbonyl (C=O) groups is 1. The van der Waals surface area contributed by atoms with Crippen LogP contribution in [0, 0.1) is 0 Å². The van der Waals surface area contributed by atoms with Crippen LogP contribution in [-0.4, -0.2) is 24.2 Å². The number of nitrogens with zero attached hydrogens (tertiary/aromatic N) is 1. The van der Waals surface area contributed by atoms with E-state index in [1.54, 1.807) is 19.1 Å². The summed E-state index contributed by atoms with van der Waals surface area (Å²) in [6, 6.07) is 5.35. The van der Waals surface area contributed by atoms with Gasteiger partial charge in [-0.15, -0.1) is 11.3 Å². The first-order valence-corrected chi connectivity index (χ1v) is 10.9. The topological polar surface area (TPSA) is 57.7 Å². The van der Waals surface area contributed by atoms with E-state index in [-0.39, 0.29) is 5.97 Å². The van der Waals surface area contributed by atoms with Gasteiger partial charge < -0.3 is 13.7 Å². The average Bonchev–Trinajstić information content (AvgIpc) is 3.08. The summed E-state index contributed by atoms with van der Waals surface area (Å²) in [7, 11) is 0. The summed E-state index contributed by atoms with van der Waals surface area (Å²) in [6.45, 7) is 8.75. The van der Waals surface area contributed by atoms with Crippen LogP contribution in [0.3, 0.4) is 0 Å². The monoisotopic (exact) mass is 409 g/mol. The van der Waals surface area contributed by atoms with Crippen molar-refractivity contribution < 1.29 is 18.5 Å². The maximum Gasteiger partial charge on any atom is 0.338 e. The number of carbonyl (C=O) groups excluding carboxylic acids is 1. The number of hydrogen-bond donors (Lipinski definition) is 0. The van der Waals surface area contributed by atoms with Gasteiger partial charge in [-0.25, -0.2) is 9.78 Å². The third kappa shape index (κ3) is 7.42. The van der Waals surface area contributed by atoms with Crippen LogP contribution in [0.2, 0.25) is 0 Å². The minimum Gasteiger partial charge on any atom is -0.465 e. The number of esters is 1. The molecule has 0 aliphatic rings. The Kier molecular flexibility index (Phi) is 9.48. The third-order valence-electron chi connectivity index (χ3n) is 3.85. The Morgan fingerprint density at radius 1 is 1.15 bits per heavy atom. The van der Waals surface area contributed by atoms with E-state index in [1.165, 1.54) is 43.4 Å². The number of ether oxygens (including phenoxy) is 2. The second-order valence-corrected chi connectivity index (χ2v) is 8.05. The van der Waals surface area contributed by atoms with Crippen molar-refractivity contribution in [1.29, 1.82) is 0 Å². The fourth-order valence-electron chi connectivity index (χ4n) is 2.46. The summed E-state index contributed by atoms with van der Waals surface area (Å²) in [5, 5.41) is 0. The summed E-state index contributed by atoms with van der Waals surface area (Å²) >= 11 is 2.61. The van der Waals surface area contributed by atoms with Crippen LogP contribution >= 0.6 is 23.4 Å². The van der Waals surface area contributed by atoms with E-state index < -0.39 is 0 Å². The van der Waals surface area contributed by atoms with Crippen molar-refractivity contribution >= 4 is 39.6 Å². The van der Waals surface area contributed by atoms with Crippen molar-refractivity contribution in [3.8, 4) is 0 Å². The molecule has 0 radical (unpaired) electrons. The first-order valence-electron chi connectivity index (χ1n) is 9.38. The quantitative estimate of drug-likeness (QED) is 0.166. The smallest absolute Gasteiger partial charge is 0.338 e. The Morgan fingerprint density at radius 2 is 1.93 bits per heavy atom. The van der Waals surface area contributed by atoms with Crippen molar-refractivity contribution in [2.75, 3.05) is 13.2 Å². The zero-order valence-electron chi connectivity index (χ0n) is 16.0. The predicted molar refractivity (Wildman–Crippen MR) is 111 cm³/mol. The molecule has 0 amide bonds. The van der Waals surface area contributed by atoms with E-state index >= 15 is 0 Å². The number of rotatable bonds is 13. The molecule has 148 valence electrons. The largest absolute Gasteiger partial charge is 0.465 e. The normalized spacial score (nSPS) is 10.7. The highest BCUT2D eigenvalue weighted by Gasteiger charge is 2.11.